The Morgan fingerprint density at radius 3 is 2.33 bits per heavy atom. The minimum atomic E-state index is -4.15. The maximum absolute atomic E-state index is 14.4. The summed E-state index contributed by atoms with van der Waals surface area (Å²) >= 11 is 0. The van der Waals surface area contributed by atoms with Gasteiger partial charge in [-0.15, -0.1) is 12.4 Å². The fraction of sp³-hybridized carbons (Fsp3) is 0.421. The van der Waals surface area contributed by atoms with E-state index in [1.54, 1.807) is 23.1 Å². The van der Waals surface area contributed by atoms with Crippen LogP contribution in [0.3, 0.4) is 0 Å². The van der Waals surface area contributed by atoms with Gasteiger partial charge in [0, 0.05) is 23.4 Å². The highest BCUT2D eigenvalue weighted by molar-refractivity contribution is 7.92. The second-order valence-electron chi connectivity index (χ2n) is 14.4. The van der Waals surface area contributed by atoms with E-state index in [2.05, 4.69) is 41.5 Å². The Labute approximate surface area is 296 Å². The van der Waals surface area contributed by atoms with E-state index in [9.17, 15) is 13.2 Å². The number of ether oxygens (including phenoxy) is 1. The molecule has 260 valence electrons. The van der Waals surface area contributed by atoms with E-state index in [1.807, 2.05) is 44.3 Å². The van der Waals surface area contributed by atoms with Gasteiger partial charge in [-0.05, 0) is 85.4 Å². The summed E-state index contributed by atoms with van der Waals surface area (Å²) in [5.74, 6) is 0.343. The van der Waals surface area contributed by atoms with E-state index in [0.717, 1.165) is 22.4 Å². The quantitative estimate of drug-likeness (QED) is 0.223. The Kier molecular flexibility index (Phi) is 11.0. The first-order valence-corrected chi connectivity index (χ1v) is 18.3. The number of pyridine rings is 1. The van der Waals surface area contributed by atoms with Crippen LogP contribution < -0.4 is 9.46 Å². The van der Waals surface area contributed by atoms with Crippen molar-refractivity contribution in [3.8, 4) is 17.1 Å². The molecule has 0 unspecified atom stereocenters. The summed E-state index contributed by atoms with van der Waals surface area (Å²) in [4.78, 5) is 30.1. The maximum atomic E-state index is 14.4. The van der Waals surface area contributed by atoms with Crippen LogP contribution in [0.5, 0.6) is 5.88 Å². The van der Waals surface area contributed by atoms with Crippen molar-refractivity contribution >= 4 is 34.3 Å². The van der Waals surface area contributed by atoms with Crippen molar-refractivity contribution in [2.45, 2.75) is 96.5 Å². The summed E-state index contributed by atoms with van der Waals surface area (Å²) in [5, 5.41) is 0. The number of sulfonamides is 1. The van der Waals surface area contributed by atoms with Crippen molar-refractivity contribution in [1.82, 2.24) is 19.9 Å². The third-order valence-corrected chi connectivity index (χ3v) is 10.6. The number of halogens is 1. The van der Waals surface area contributed by atoms with Crippen LogP contribution in [0.25, 0.3) is 11.3 Å². The zero-order chi connectivity index (χ0) is 34.1. The Morgan fingerprint density at radius 2 is 1.65 bits per heavy atom. The molecule has 4 bridgehead atoms. The minimum Gasteiger partial charge on any atom is -0.475 e. The Balaban J connectivity index is 0.00000468. The van der Waals surface area contributed by atoms with E-state index in [1.165, 1.54) is 49.8 Å². The predicted molar refractivity (Wildman–Crippen MR) is 195 cm³/mol. The number of aromatic nitrogens is 3. The van der Waals surface area contributed by atoms with E-state index in [4.69, 9.17) is 9.72 Å². The molecule has 4 aromatic rings. The third kappa shape index (κ3) is 8.59. The van der Waals surface area contributed by atoms with Gasteiger partial charge in [-0.3, -0.25) is 9.78 Å². The SMILES string of the molecule is Cc1cccc(C)c1-c1cc2nc(n1)NS(=O)(=O)c1cccc(c1)C(=O)N(Cc1ccc(C3CCCCC3)cn1)[C@H](CC(C)(C)C)CO2.Cl. The average Bonchev–Trinajstić information content (AvgIpc) is 3.05. The van der Waals surface area contributed by atoms with E-state index in [-0.39, 0.29) is 65.2 Å². The first kappa shape index (κ1) is 36.3. The van der Waals surface area contributed by atoms with Gasteiger partial charge in [-0.2, -0.15) is 4.98 Å². The van der Waals surface area contributed by atoms with Gasteiger partial charge in [0.15, 0.2) is 0 Å². The standard InChI is InChI=1S/C38H45N5O4S.ClH/c1-25-11-9-12-26(2)35(25)33-20-34-41-37(40-33)42-48(45,46)32-16-10-15-28(19-32)36(44)43(31(24-47-34)21-38(3,4)5)23-30-18-17-29(22-39-30)27-13-7-6-8-14-27;/h9-12,15-20,22,27,31H,6-8,13-14,21,23-24H2,1-5H3,(H,40,41,42);1H/t31-;/m1./s1. The van der Waals surface area contributed by atoms with Crippen LogP contribution >= 0.6 is 12.4 Å². The number of amides is 1. The molecule has 2 aliphatic rings. The van der Waals surface area contributed by atoms with Gasteiger partial charge in [0.05, 0.1) is 28.9 Å². The molecule has 1 atom stereocenters. The zero-order valence-electron chi connectivity index (χ0n) is 28.9. The lowest BCUT2D eigenvalue weighted by atomic mass is 9.85. The lowest BCUT2D eigenvalue weighted by Gasteiger charge is -2.35. The van der Waals surface area contributed by atoms with E-state index >= 15 is 0 Å². The van der Waals surface area contributed by atoms with Gasteiger partial charge >= 0.3 is 0 Å². The number of nitrogens with one attached hydrogen (secondary N) is 1. The molecule has 1 N–H and O–H groups in total. The van der Waals surface area contributed by atoms with E-state index in [0.29, 0.717) is 18.0 Å². The molecule has 49 heavy (non-hydrogen) atoms. The van der Waals surface area contributed by atoms with Crippen molar-refractivity contribution in [2.75, 3.05) is 11.3 Å². The number of anilines is 1. The molecule has 9 nitrogen and oxygen atoms in total. The number of fused-ring (bicyclic) bond motifs is 4. The number of carbonyl (C=O) groups is 1. The van der Waals surface area contributed by atoms with Crippen molar-refractivity contribution in [3.05, 3.63) is 94.8 Å². The van der Waals surface area contributed by atoms with Crippen LogP contribution in [-0.4, -0.2) is 46.8 Å². The van der Waals surface area contributed by atoms with Crippen LogP contribution in [0.1, 0.15) is 98.0 Å². The van der Waals surface area contributed by atoms with Crippen LogP contribution in [0.2, 0.25) is 0 Å². The third-order valence-electron chi connectivity index (χ3n) is 9.29. The molecular formula is C38H46ClN5O4S. The monoisotopic (exact) mass is 703 g/mol. The molecule has 0 saturated heterocycles. The molecule has 6 rings (SSSR count). The summed E-state index contributed by atoms with van der Waals surface area (Å²) in [6, 6.07) is 17.6. The number of rotatable bonds is 5. The number of nitrogens with zero attached hydrogens (tertiary/aromatic N) is 4. The Morgan fingerprint density at radius 1 is 0.939 bits per heavy atom. The number of aryl methyl sites for hydroxylation is 2. The molecular weight excluding hydrogens is 658 g/mol. The Hall–Kier alpha value is -4.02. The zero-order valence-corrected chi connectivity index (χ0v) is 30.5. The molecule has 1 aliphatic heterocycles. The predicted octanol–water partition coefficient (Wildman–Crippen LogP) is 8.27. The molecule has 2 aromatic carbocycles. The first-order valence-electron chi connectivity index (χ1n) is 16.8. The van der Waals surface area contributed by atoms with Crippen LogP contribution in [0.4, 0.5) is 5.95 Å². The number of hydrogen-bond acceptors (Lipinski definition) is 7. The van der Waals surface area contributed by atoms with Gasteiger partial charge in [-0.25, -0.2) is 18.1 Å². The lowest BCUT2D eigenvalue weighted by Crippen LogP contribution is -2.45. The average molecular weight is 704 g/mol. The highest BCUT2D eigenvalue weighted by Crippen LogP contribution is 2.34. The van der Waals surface area contributed by atoms with E-state index < -0.39 is 10.0 Å². The molecule has 0 radical (unpaired) electrons. The summed E-state index contributed by atoms with van der Waals surface area (Å²) in [6.45, 7) is 10.7. The molecule has 1 saturated carbocycles. The van der Waals surface area contributed by atoms with Gasteiger partial charge in [0.25, 0.3) is 15.9 Å². The summed E-state index contributed by atoms with van der Waals surface area (Å²) in [7, 11) is -4.15. The van der Waals surface area contributed by atoms with Gasteiger partial charge in [0.2, 0.25) is 11.8 Å². The van der Waals surface area contributed by atoms with Crippen LogP contribution in [0.15, 0.2) is 71.8 Å². The molecule has 1 fully saturated rings. The number of benzene rings is 2. The smallest absolute Gasteiger partial charge is 0.264 e. The topological polar surface area (TPSA) is 114 Å². The highest BCUT2D eigenvalue weighted by Gasteiger charge is 2.32. The molecule has 1 amide bonds. The minimum absolute atomic E-state index is 0. The summed E-state index contributed by atoms with van der Waals surface area (Å²) in [5.41, 5.74) is 5.51. The highest BCUT2D eigenvalue weighted by atomic mass is 35.5. The number of hydrogen-bond donors (Lipinski definition) is 1. The van der Waals surface area contributed by atoms with Crippen molar-refractivity contribution in [3.63, 3.8) is 0 Å². The Bertz CT molecular complexity index is 1880. The fourth-order valence-electron chi connectivity index (χ4n) is 6.93. The molecule has 3 heterocycles. The maximum Gasteiger partial charge on any atom is 0.264 e. The van der Waals surface area contributed by atoms with Crippen molar-refractivity contribution < 1.29 is 17.9 Å². The molecule has 0 spiro atoms. The second kappa shape index (κ2) is 14.8. The van der Waals surface area contributed by atoms with Gasteiger partial charge < -0.3 is 9.64 Å². The van der Waals surface area contributed by atoms with Crippen LogP contribution in [-0.2, 0) is 16.6 Å². The molecule has 11 heteroatoms. The molecule has 2 aromatic heterocycles. The van der Waals surface area contributed by atoms with Crippen LogP contribution in [0, 0.1) is 19.3 Å². The van der Waals surface area contributed by atoms with Gasteiger partial charge in [0.1, 0.15) is 6.61 Å². The molecule has 1 aliphatic carbocycles. The first-order chi connectivity index (χ1) is 22.9. The fourth-order valence-corrected chi connectivity index (χ4v) is 7.92. The normalized spacial score (nSPS) is 18.2. The lowest BCUT2D eigenvalue weighted by molar-refractivity contribution is 0.0509. The van der Waals surface area contributed by atoms with Crippen molar-refractivity contribution in [2.24, 2.45) is 5.41 Å². The summed E-state index contributed by atoms with van der Waals surface area (Å²) in [6.07, 6.45) is 8.72. The summed E-state index contributed by atoms with van der Waals surface area (Å²) < 4.78 is 36.3. The number of carbonyl (C=O) groups excluding carboxylic acids is 1. The van der Waals surface area contributed by atoms with Crippen molar-refractivity contribution in [1.29, 1.82) is 0 Å². The second-order valence-corrected chi connectivity index (χ2v) is 16.1. The largest absolute Gasteiger partial charge is 0.475 e. The van der Waals surface area contributed by atoms with Gasteiger partial charge in [-0.1, -0.05) is 70.4 Å².